The first-order valence-corrected chi connectivity index (χ1v) is 8.15. The topological polar surface area (TPSA) is 92.4 Å². The first-order valence-electron chi connectivity index (χ1n) is 6.71. The Hall–Kier alpha value is -1.41. The van der Waals surface area contributed by atoms with Gasteiger partial charge in [-0.2, -0.15) is 9.40 Å². The van der Waals surface area contributed by atoms with Crippen molar-refractivity contribution in [3.63, 3.8) is 0 Å². The molecule has 1 aliphatic carbocycles. The molecule has 0 bridgehead atoms. The zero-order valence-corrected chi connectivity index (χ0v) is 12.4. The minimum atomic E-state index is -3.74. The van der Waals surface area contributed by atoms with Crippen molar-refractivity contribution in [2.75, 3.05) is 19.7 Å². The lowest BCUT2D eigenvalue weighted by Crippen LogP contribution is -2.34. The summed E-state index contributed by atoms with van der Waals surface area (Å²) in [5.41, 5.74) is -0.0407. The van der Waals surface area contributed by atoms with Crippen LogP contribution in [0.1, 0.15) is 37.0 Å². The van der Waals surface area contributed by atoms with E-state index in [1.54, 1.807) is 13.8 Å². The molecule has 20 heavy (non-hydrogen) atoms. The number of hydrogen-bond acceptors (Lipinski definition) is 5. The Balaban J connectivity index is 2.28. The number of carbonyl (C=O) groups is 1. The molecule has 2 rings (SSSR count). The summed E-state index contributed by atoms with van der Waals surface area (Å²) in [4.78, 5) is 11.8. The minimum Gasteiger partial charge on any atom is -0.462 e. The highest BCUT2D eigenvalue weighted by Crippen LogP contribution is 2.31. The maximum Gasteiger partial charge on any atom is 0.342 e. The summed E-state index contributed by atoms with van der Waals surface area (Å²) in [7, 11) is -3.74. The van der Waals surface area contributed by atoms with Crippen molar-refractivity contribution in [3.05, 3.63) is 11.8 Å². The van der Waals surface area contributed by atoms with E-state index in [1.807, 2.05) is 0 Å². The van der Waals surface area contributed by atoms with Crippen molar-refractivity contribution in [3.8, 4) is 0 Å². The van der Waals surface area contributed by atoms with E-state index < -0.39 is 16.0 Å². The van der Waals surface area contributed by atoms with Crippen molar-refractivity contribution < 1.29 is 17.9 Å². The number of ether oxygens (including phenoxy) is 1. The van der Waals surface area contributed by atoms with Crippen LogP contribution in [-0.4, -0.2) is 48.6 Å². The van der Waals surface area contributed by atoms with Crippen LogP contribution in [0.25, 0.3) is 0 Å². The van der Waals surface area contributed by atoms with E-state index in [1.165, 1.54) is 10.5 Å². The third-order valence-electron chi connectivity index (χ3n) is 3.21. The smallest absolute Gasteiger partial charge is 0.342 e. The van der Waals surface area contributed by atoms with E-state index >= 15 is 0 Å². The lowest BCUT2D eigenvalue weighted by molar-refractivity contribution is 0.0521. The highest BCUT2D eigenvalue weighted by atomic mass is 32.2. The molecule has 0 spiro atoms. The summed E-state index contributed by atoms with van der Waals surface area (Å²) >= 11 is 0. The predicted octanol–water partition coefficient (Wildman–Crippen LogP) is 1.01. The summed E-state index contributed by atoms with van der Waals surface area (Å²) in [5, 5.41) is 5.90. The summed E-state index contributed by atoms with van der Waals surface area (Å²) in [6.45, 7) is 4.47. The van der Waals surface area contributed by atoms with Gasteiger partial charge in [0.15, 0.2) is 5.03 Å². The molecular weight excluding hydrogens is 282 g/mol. The molecular formula is C12H19N3O4S. The standard InChI is InChI=1S/C12H19N3O4S/c1-3-15(8-9-5-6-9)20(17,18)11-10(7-13-14-11)12(16)19-4-2/h7,9H,3-6,8H2,1-2H3,(H,13,14). The molecule has 0 saturated heterocycles. The molecule has 0 amide bonds. The molecule has 0 aliphatic heterocycles. The van der Waals surface area contributed by atoms with Crippen LogP contribution in [-0.2, 0) is 14.8 Å². The zero-order valence-electron chi connectivity index (χ0n) is 11.6. The van der Waals surface area contributed by atoms with Crippen LogP contribution in [0.4, 0.5) is 0 Å². The number of H-pyrrole nitrogens is 1. The van der Waals surface area contributed by atoms with E-state index in [0.29, 0.717) is 19.0 Å². The Bertz CT molecular complexity index is 577. The predicted molar refractivity (Wildman–Crippen MR) is 71.7 cm³/mol. The van der Waals surface area contributed by atoms with Gasteiger partial charge in [-0.1, -0.05) is 6.92 Å². The van der Waals surface area contributed by atoms with Gasteiger partial charge in [0.05, 0.1) is 12.8 Å². The van der Waals surface area contributed by atoms with E-state index in [4.69, 9.17) is 4.74 Å². The number of esters is 1. The lowest BCUT2D eigenvalue weighted by atomic mass is 10.4. The van der Waals surface area contributed by atoms with E-state index in [0.717, 1.165) is 12.8 Å². The molecule has 1 N–H and O–H groups in total. The fourth-order valence-electron chi connectivity index (χ4n) is 1.94. The molecule has 1 heterocycles. The van der Waals surface area contributed by atoms with Gasteiger partial charge in [0.25, 0.3) is 10.0 Å². The van der Waals surface area contributed by atoms with Crippen molar-refractivity contribution in [1.82, 2.24) is 14.5 Å². The van der Waals surface area contributed by atoms with Gasteiger partial charge in [-0.05, 0) is 25.7 Å². The zero-order chi connectivity index (χ0) is 14.8. The van der Waals surface area contributed by atoms with Crippen LogP contribution in [0.2, 0.25) is 0 Å². The fourth-order valence-corrected chi connectivity index (χ4v) is 3.53. The molecule has 0 radical (unpaired) electrons. The fraction of sp³-hybridized carbons (Fsp3) is 0.667. The average molecular weight is 301 g/mol. The SMILES string of the molecule is CCOC(=O)c1cn[nH]c1S(=O)(=O)N(CC)CC1CC1. The quantitative estimate of drug-likeness (QED) is 0.759. The van der Waals surface area contributed by atoms with E-state index in [2.05, 4.69) is 10.2 Å². The molecule has 1 aromatic heterocycles. The average Bonchev–Trinajstić information content (AvgIpc) is 3.08. The number of aromatic amines is 1. The molecule has 1 saturated carbocycles. The number of rotatable bonds is 7. The van der Waals surface area contributed by atoms with Gasteiger partial charge in [0, 0.05) is 13.1 Å². The van der Waals surface area contributed by atoms with Gasteiger partial charge in [0.1, 0.15) is 5.56 Å². The van der Waals surface area contributed by atoms with Gasteiger partial charge >= 0.3 is 5.97 Å². The first-order chi connectivity index (χ1) is 9.50. The normalized spacial score (nSPS) is 15.6. The van der Waals surface area contributed by atoms with Gasteiger partial charge in [0.2, 0.25) is 0 Å². The summed E-state index contributed by atoms with van der Waals surface area (Å²) in [6, 6.07) is 0. The van der Waals surface area contributed by atoms with Gasteiger partial charge in [-0.3, -0.25) is 5.10 Å². The maximum atomic E-state index is 12.6. The number of nitrogens with one attached hydrogen (secondary N) is 1. The van der Waals surface area contributed by atoms with Crippen LogP contribution in [0.15, 0.2) is 11.2 Å². The van der Waals surface area contributed by atoms with Crippen LogP contribution in [0, 0.1) is 5.92 Å². The molecule has 0 atom stereocenters. The first kappa shape index (κ1) is 15.0. The van der Waals surface area contributed by atoms with Crippen molar-refractivity contribution >= 4 is 16.0 Å². The van der Waals surface area contributed by atoms with E-state index in [-0.39, 0.29) is 17.2 Å². The third-order valence-corrected chi connectivity index (χ3v) is 5.12. The van der Waals surface area contributed by atoms with E-state index in [9.17, 15) is 13.2 Å². The van der Waals surface area contributed by atoms with Crippen LogP contribution in [0.3, 0.4) is 0 Å². The molecule has 1 aromatic rings. The maximum absolute atomic E-state index is 12.6. The number of sulfonamides is 1. The molecule has 8 heteroatoms. The Labute approximate surface area is 118 Å². The number of carbonyl (C=O) groups excluding carboxylic acids is 1. The largest absolute Gasteiger partial charge is 0.462 e. The second-order valence-corrected chi connectivity index (χ2v) is 6.61. The van der Waals surface area contributed by atoms with Crippen LogP contribution in [0.5, 0.6) is 0 Å². The van der Waals surface area contributed by atoms with Gasteiger partial charge in [-0.15, -0.1) is 0 Å². The summed E-state index contributed by atoms with van der Waals surface area (Å²) < 4.78 is 31.4. The molecule has 0 unspecified atom stereocenters. The van der Waals surface area contributed by atoms with Gasteiger partial charge < -0.3 is 4.74 Å². The van der Waals surface area contributed by atoms with Crippen LogP contribution < -0.4 is 0 Å². The lowest BCUT2D eigenvalue weighted by Gasteiger charge is -2.19. The number of hydrogen-bond donors (Lipinski definition) is 1. The van der Waals surface area contributed by atoms with Crippen molar-refractivity contribution in [2.24, 2.45) is 5.92 Å². The number of nitrogens with zero attached hydrogens (tertiary/aromatic N) is 2. The van der Waals surface area contributed by atoms with Crippen molar-refractivity contribution in [2.45, 2.75) is 31.7 Å². The Morgan fingerprint density at radius 1 is 1.50 bits per heavy atom. The highest BCUT2D eigenvalue weighted by Gasteiger charge is 2.34. The highest BCUT2D eigenvalue weighted by molar-refractivity contribution is 7.89. The minimum absolute atomic E-state index is 0.0407. The summed E-state index contributed by atoms with van der Waals surface area (Å²) in [5.74, 6) is -0.249. The molecule has 1 fully saturated rings. The second kappa shape index (κ2) is 5.92. The Morgan fingerprint density at radius 3 is 2.75 bits per heavy atom. The second-order valence-electron chi connectivity index (χ2n) is 4.73. The monoisotopic (exact) mass is 301 g/mol. The van der Waals surface area contributed by atoms with Crippen molar-refractivity contribution in [1.29, 1.82) is 0 Å². The number of aromatic nitrogens is 2. The molecule has 1 aliphatic rings. The Kier molecular flexibility index (Phi) is 4.44. The Morgan fingerprint density at radius 2 is 2.20 bits per heavy atom. The van der Waals surface area contributed by atoms with Gasteiger partial charge in [-0.25, -0.2) is 13.2 Å². The molecule has 0 aromatic carbocycles. The van der Waals surface area contributed by atoms with Crippen LogP contribution >= 0.6 is 0 Å². The third kappa shape index (κ3) is 3.01. The molecule has 112 valence electrons. The summed E-state index contributed by atoms with van der Waals surface area (Å²) in [6.07, 6.45) is 3.30. The molecule has 7 nitrogen and oxygen atoms in total.